The summed E-state index contributed by atoms with van der Waals surface area (Å²) in [5.41, 5.74) is 7.03. The number of carbonyl (C=O) groups excluding carboxylic acids is 1. The zero-order valence-electron chi connectivity index (χ0n) is 11.9. The minimum atomic E-state index is -3.44. The summed E-state index contributed by atoms with van der Waals surface area (Å²) in [4.78, 5) is 12.4. The average Bonchev–Trinajstić information content (AvgIpc) is 2.62. The number of amides is 1. The number of nitrogens with one attached hydrogen (secondary N) is 1. The molecular weight excluding hydrogens is 292 g/mol. The number of benzene rings is 1. The molecule has 2 rings (SSSR count). The number of aromatic nitrogens is 2. The van der Waals surface area contributed by atoms with Crippen LogP contribution in [0.5, 0.6) is 0 Å². The second kappa shape index (κ2) is 5.21. The third-order valence-electron chi connectivity index (χ3n) is 3.02. The second-order valence-electron chi connectivity index (χ2n) is 4.69. The minimum absolute atomic E-state index is 0.0517. The molecule has 0 atom stereocenters. The summed E-state index contributed by atoms with van der Waals surface area (Å²) >= 11 is 0. The first-order valence-electron chi connectivity index (χ1n) is 6.11. The van der Waals surface area contributed by atoms with Gasteiger partial charge in [0, 0.05) is 13.3 Å². The van der Waals surface area contributed by atoms with Gasteiger partial charge in [-0.15, -0.1) is 0 Å². The first-order valence-corrected chi connectivity index (χ1v) is 8.00. The fourth-order valence-corrected chi connectivity index (χ4v) is 2.86. The molecule has 0 spiro atoms. The zero-order chi connectivity index (χ0) is 15.8. The van der Waals surface area contributed by atoms with Crippen molar-refractivity contribution < 1.29 is 13.2 Å². The highest BCUT2D eigenvalue weighted by Gasteiger charge is 2.20. The molecule has 0 fully saturated rings. The van der Waals surface area contributed by atoms with Crippen LogP contribution in [0.25, 0.3) is 0 Å². The average molecular weight is 308 g/mol. The monoisotopic (exact) mass is 308 g/mol. The van der Waals surface area contributed by atoms with E-state index in [2.05, 4.69) is 10.4 Å². The van der Waals surface area contributed by atoms with Crippen LogP contribution >= 0.6 is 0 Å². The van der Waals surface area contributed by atoms with E-state index in [-0.39, 0.29) is 22.0 Å². The highest BCUT2D eigenvalue weighted by Crippen LogP contribution is 2.23. The van der Waals surface area contributed by atoms with Gasteiger partial charge in [0.15, 0.2) is 9.84 Å². The number of sulfone groups is 1. The first-order chi connectivity index (χ1) is 9.71. The van der Waals surface area contributed by atoms with Crippen LogP contribution in [0, 0.1) is 6.92 Å². The van der Waals surface area contributed by atoms with Gasteiger partial charge in [-0.1, -0.05) is 12.1 Å². The molecule has 8 heteroatoms. The van der Waals surface area contributed by atoms with Gasteiger partial charge in [-0.2, -0.15) is 5.10 Å². The van der Waals surface area contributed by atoms with E-state index in [1.807, 2.05) is 0 Å². The van der Waals surface area contributed by atoms with Gasteiger partial charge in [-0.3, -0.25) is 9.48 Å². The Morgan fingerprint density at radius 1 is 1.33 bits per heavy atom. The van der Waals surface area contributed by atoms with Crippen LogP contribution in [0.1, 0.15) is 16.2 Å². The zero-order valence-corrected chi connectivity index (χ0v) is 12.7. The van der Waals surface area contributed by atoms with Crippen molar-refractivity contribution in [3.05, 3.63) is 35.7 Å². The van der Waals surface area contributed by atoms with Crippen molar-refractivity contribution in [2.45, 2.75) is 11.8 Å². The maximum absolute atomic E-state index is 12.3. The molecule has 112 valence electrons. The summed E-state index contributed by atoms with van der Waals surface area (Å²) in [5, 5.41) is 6.63. The molecule has 0 aliphatic heterocycles. The molecule has 3 N–H and O–H groups in total. The molecule has 2 aromatic rings. The molecule has 0 aliphatic rings. The Labute approximate surface area is 122 Å². The van der Waals surface area contributed by atoms with Crippen LogP contribution in [0.4, 0.5) is 11.4 Å². The summed E-state index contributed by atoms with van der Waals surface area (Å²) in [6.07, 6.45) is 1.08. The lowest BCUT2D eigenvalue weighted by Crippen LogP contribution is -2.19. The molecule has 1 amide bonds. The summed E-state index contributed by atoms with van der Waals surface area (Å²) in [6, 6.07) is 6.19. The fraction of sp³-hybridized carbons (Fsp3) is 0.231. The Hall–Kier alpha value is -2.35. The van der Waals surface area contributed by atoms with Crippen molar-refractivity contribution in [3.8, 4) is 0 Å². The van der Waals surface area contributed by atoms with Crippen LogP contribution < -0.4 is 11.1 Å². The number of rotatable bonds is 3. The largest absolute Gasteiger partial charge is 0.395 e. The minimum Gasteiger partial charge on any atom is -0.395 e. The quantitative estimate of drug-likeness (QED) is 0.878. The van der Waals surface area contributed by atoms with Crippen LogP contribution in [-0.4, -0.2) is 30.4 Å². The molecule has 0 aliphatic carbocycles. The Bertz CT molecular complexity index is 809. The highest BCUT2D eigenvalue weighted by atomic mass is 32.2. The van der Waals surface area contributed by atoms with Crippen molar-refractivity contribution >= 4 is 27.1 Å². The van der Waals surface area contributed by atoms with Crippen molar-refractivity contribution in [1.82, 2.24) is 9.78 Å². The smallest absolute Gasteiger partial charge is 0.276 e. The Morgan fingerprint density at radius 2 is 1.95 bits per heavy atom. The standard InChI is InChI=1S/C13H16N4O3S/c1-8-11(14)12(17(2)16-8)13(18)15-9-6-4-5-7-10(9)21(3,19)20/h4-7H,14H2,1-3H3,(H,15,18). The predicted molar refractivity (Wildman–Crippen MR) is 79.9 cm³/mol. The van der Waals surface area contributed by atoms with Crippen molar-refractivity contribution in [2.75, 3.05) is 17.3 Å². The number of hydrogen-bond acceptors (Lipinski definition) is 5. The third kappa shape index (κ3) is 2.89. The maximum Gasteiger partial charge on any atom is 0.276 e. The maximum atomic E-state index is 12.3. The Balaban J connectivity index is 2.42. The van der Waals surface area contributed by atoms with Crippen molar-refractivity contribution in [1.29, 1.82) is 0 Å². The van der Waals surface area contributed by atoms with Gasteiger partial charge in [0.25, 0.3) is 5.91 Å². The molecule has 1 heterocycles. The molecular formula is C13H16N4O3S. The van der Waals surface area contributed by atoms with Crippen LogP contribution in [0.3, 0.4) is 0 Å². The topological polar surface area (TPSA) is 107 Å². The van der Waals surface area contributed by atoms with E-state index in [0.717, 1.165) is 6.26 Å². The summed E-state index contributed by atoms with van der Waals surface area (Å²) in [7, 11) is -1.85. The van der Waals surface area contributed by atoms with Gasteiger partial charge in [0.2, 0.25) is 0 Å². The van der Waals surface area contributed by atoms with Gasteiger partial charge in [-0.25, -0.2) is 8.42 Å². The number of nitrogens with zero attached hydrogens (tertiary/aromatic N) is 2. The molecule has 0 bridgehead atoms. The van der Waals surface area contributed by atoms with Crippen molar-refractivity contribution in [2.24, 2.45) is 7.05 Å². The molecule has 0 saturated carbocycles. The normalized spacial score (nSPS) is 11.4. The lowest BCUT2D eigenvalue weighted by atomic mass is 10.2. The lowest BCUT2D eigenvalue weighted by molar-refractivity contribution is 0.101. The Kier molecular flexibility index (Phi) is 3.73. The van der Waals surface area contributed by atoms with Gasteiger partial charge in [0.05, 0.1) is 22.0 Å². The summed E-state index contributed by atoms with van der Waals surface area (Å²) in [5.74, 6) is -0.508. The fourth-order valence-electron chi connectivity index (χ4n) is 2.02. The number of aryl methyl sites for hydroxylation is 2. The molecule has 1 aromatic carbocycles. The molecule has 0 radical (unpaired) electrons. The molecule has 1 aromatic heterocycles. The van der Waals surface area contributed by atoms with Gasteiger partial charge < -0.3 is 11.1 Å². The van der Waals surface area contributed by atoms with Gasteiger partial charge in [0.1, 0.15) is 5.69 Å². The number of para-hydroxylation sites is 1. The number of nitrogen functional groups attached to an aromatic ring is 1. The highest BCUT2D eigenvalue weighted by molar-refractivity contribution is 7.90. The van der Waals surface area contributed by atoms with Crippen molar-refractivity contribution in [3.63, 3.8) is 0 Å². The van der Waals surface area contributed by atoms with E-state index in [0.29, 0.717) is 5.69 Å². The number of anilines is 2. The number of nitrogens with two attached hydrogens (primary N) is 1. The Morgan fingerprint density at radius 3 is 2.48 bits per heavy atom. The van der Waals surface area contributed by atoms with Gasteiger partial charge in [-0.05, 0) is 19.1 Å². The van der Waals surface area contributed by atoms with E-state index in [9.17, 15) is 13.2 Å². The molecule has 0 saturated heterocycles. The lowest BCUT2D eigenvalue weighted by Gasteiger charge is -2.10. The molecule has 21 heavy (non-hydrogen) atoms. The number of carbonyl (C=O) groups is 1. The van der Waals surface area contributed by atoms with E-state index < -0.39 is 15.7 Å². The predicted octanol–water partition coefficient (Wildman–Crippen LogP) is 0.967. The first kappa shape index (κ1) is 15.0. The molecule has 7 nitrogen and oxygen atoms in total. The SMILES string of the molecule is Cc1nn(C)c(C(=O)Nc2ccccc2S(C)(=O)=O)c1N. The number of hydrogen-bond donors (Lipinski definition) is 2. The van der Waals surface area contributed by atoms with Gasteiger partial charge >= 0.3 is 0 Å². The summed E-state index contributed by atoms with van der Waals surface area (Å²) < 4.78 is 24.8. The van der Waals surface area contributed by atoms with E-state index in [1.165, 1.54) is 16.8 Å². The van der Waals surface area contributed by atoms with E-state index in [1.54, 1.807) is 26.1 Å². The van der Waals surface area contributed by atoms with Crippen LogP contribution in [0.15, 0.2) is 29.2 Å². The third-order valence-corrected chi connectivity index (χ3v) is 4.17. The molecule has 0 unspecified atom stereocenters. The summed E-state index contributed by atoms with van der Waals surface area (Å²) in [6.45, 7) is 1.69. The van der Waals surface area contributed by atoms with E-state index >= 15 is 0 Å². The van der Waals surface area contributed by atoms with E-state index in [4.69, 9.17) is 5.73 Å². The van der Waals surface area contributed by atoms with Crippen LogP contribution in [0.2, 0.25) is 0 Å². The second-order valence-corrected chi connectivity index (χ2v) is 6.68. The van der Waals surface area contributed by atoms with Crippen LogP contribution in [-0.2, 0) is 16.9 Å².